The van der Waals surface area contributed by atoms with Gasteiger partial charge in [-0.2, -0.15) is 0 Å². The van der Waals surface area contributed by atoms with Gasteiger partial charge in [-0.3, -0.25) is 14.5 Å². The maximum Gasteiger partial charge on any atom is 0.254 e. The minimum Gasteiger partial charge on any atom is -0.467 e. The van der Waals surface area contributed by atoms with Crippen LogP contribution in [0.25, 0.3) is 0 Å². The third kappa shape index (κ3) is 7.40. The summed E-state index contributed by atoms with van der Waals surface area (Å²) >= 11 is 6.00. The molecule has 0 aliphatic carbocycles. The standard InChI is InChI=1S/C27H29ClFN3O4/c28-23-7-5-22(6-8-23)27(34)31(12-11-30-13-16-35-17-14-30)20-26(33)32(19-25-2-1-15-36-25)18-21-3-9-24(29)10-4-21/h1-10,15H,11-14,16-20H2. The van der Waals surface area contributed by atoms with Gasteiger partial charge in [-0.15, -0.1) is 0 Å². The molecule has 0 radical (unpaired) electrons. The van der Waals surface area contributed by atoms with E-state index in [9.17, 15) is 14.0 Å². The minimum atomic E-state index is -0.342. The second-order valence-corrected chi connectivity index (χ2v) is 9.08. The van der Waals surface area contributed by atoms with Crippen LogP contribution in [-0.2, 0) is 22.6 Å². The van der Waals surface area contributed by atoms with Gasteiger partial charge in [-0.25, -0.2) is 4.39 Å². The monoisotopic (exact) mass is 513 g/mol. The Morgan fingerprint density at radius 1 is 0.944 bits per heavy atom. The van der Waals surface area contributed by atoms with E-state index in [4.69, 9.17) is 20.8 Å². The van der Waals surface area contributed by atoms with Crippen LogP contribution in [0.2, 0.25) is 5.02 Å². The number of hydrogen-bond donors (Lipinski definition) is 0. The Morgan fingerprint density at radius 2 is 1.67 bits per heavy atom. The van der Waals surface area contributed by atoms with Gasteiger partial charge in [0.15, 0.2) is 0 Å². The van der Waals surface area contributed by atoms with Crippen molar-refractivity contribution in [3.63, 3.8) is 0 Å². The van der Waals surface area contributed by atoms with Gasteiger partial charge in [0.05, 0.1) is 26.0 Å². The van der Waals surface area contributed by atoms with Crippen molar-refractivity contribution in [2.45, 2.75) is 13.1 Å². The van der Waals surface area contributed by atoms with Crippen LogP contribution >= 0.6 is 11.6 Å². The Balaban J connectivity index is 1.51. The first-order valence-electron chi connectivity index (χ1n) is 11.9. The third-order valence-electron chi connectivity index (χ3n) is 6.06. The molecule has 1 saturated heterocycles. The van der Waals surface area contributed by atoms with Crippen molar-refractivity contribution < 1.29 is 23.1 Å². The average Bonchev–Trinajstić information content (AvgIpc) is 3.41. The summed E-state index contributed by atoms with van der Waals surface area (Å²) in [4.78, 5) is 32.4. The first kappa shape index (κ1) is 25.9. The molecule has 0 spiro atoms. The van der Waals surface area contributed by atoms with Gasteiger partial charge in [0, 0.05) is 43.3 Å². The molecule has 7 nitrogen and oxygen atoms in total. The SMILES string of the molecule is O=C(CN(CCN1CCOCC1)C(=O)c1ccc(Cl)cc1)N(Cc1ccc(F)cc1)Cc1ccco1. The largest absolute Gasteiger partial charge is 0.467 e. The Labute approximate surface area is 215 Å². The summed E-state index contributed by atoms with van der Waals surface area (Å²) < 4.78 is 24.3. The van der Waals surface area contributed by atoms with E-state index < -0.39 is 0 Å². The van der Waals surface area contributed by atoms with Crippen LogP contribution in [0.4, 0.5) is 4.39 Å². The zero-order chi connectivity index (χ0) is 25.3. The zero-order valence-corrected chi connectivity index (χ0v) is 20.7. The lowest BCUT2D eigenvalue weighted by Gasteiger charge is -2.31. The number of benzene rings is 2. The van der Waals surface area contributed by atoms with E-state index in [0.29, 0.717) is 42.6 Å². The van der Waals surface area contributed by atoms with Crippen LogP contribution in [0.15, 0.2) is 71.3 Å². The number of hydrogen-bond acceptors (Lipinski definition) is 5. The minimum absolute atomic E-state index is 0.103. The van der Waals surface area contributed by atoms with E-state index >= 15 is 0 Å². The quantitative estimate of drug-likeness (QED) is 0.409. The van der Waals surface area contributed by atoms with Crippen LogP contribution < -0.4 is 0 Å². The van der Waals surface area contributed by atoms with Gasteiger partial charge in [-0.05, 0) is 54.1 Å². The lowest BCUT2D eigenvalue weighted by atomic mass is 10.2. The van der Waals surface area contributed by atoms with E-state index in [0.717, 1.165) is 18.7 Å². The Hall–Kier alpha value is -3.20. The molecule has 0 atom stereocenters. The predicted molar refractivity (Wildman–Crippen MR) is 134 cm³/mol. The molecule has 2 aromatic carbocycles. The van der Waals surface area contributed by atoms with E-state index in [2.05, 4.69) is 4.90 Å². The smallest absolute Gasteiger partial charge is 0.254 e. The number of halogens is 2. The number of carbonyl (C=O) groups excluding carboxylic acids is 2. The van der Waals surface area contributed by atoms with Gasteiger partial charge in [0.25, 0.3) is 5.91 Å². The van der Waals surface area contributed by atoms with Crippen molar-refractivity contribution >= 4 is 23.4 Å². The maximum absolute atomic E-state index is 13.6. The van der Waals surface area contributed by atoms with Crippen molar-refractivity contribution in [2.75, 3.05) is 45.9 Å². The van der Waals surface area contributed by atoms with Crippen molar-refractivity contribution in [1.29, 1.82) is 0 Å². The Kier molecular flexibility index (Phi) is 9.11. The fourth-order valence-electron chi connectivity index (χ4n) is 4.01. The number of nitrogens with zero attached hydrogens (tertiary/aromatic N) is 3. The highest BCUT2D eigenvalue weighted by atomic mass is 35.5. The van der Waals surface area contributed by atoms with Crippen molar-refractivity contribution in [3.8, 4) is 0 Å². The lowest BCUT2D eigenvalue weighted by molar-refractivity contribution is -0.133. The summed E-state index contributed by atoms with van der Waals surface area (Å²) in [7, 11) is 0. The molecule has 0 N–H and O–H groups in total. The molecule has 1 aliphatic heterocycles. The molecular formula is C27H29ClFN3O4. The molecule has 9 heteroatoms. The van der Waals surface area contributed by atoms with Crippen LogP contribution in [0.3, 0.4) is 0 Å². The Bertz CT molecular complexity index is 1120. The fraction of sp³-hybridized carbons (Fsp3) is 0.333. The summed E-state index contributed by atoms with van der Waals surface area (Å²) in [5.41, 5.74) is 1.24. The van der Waals surface area contributed by atoms with Crippen LogP contribution in [-0.4, -0.2) is 72.5 Å². The van der Waals surface area contributed by atoms with Crippen LogP contribution in [0.1, 0.15) is 21.7 Å². The highest BCUT2D eigenvalue weighted by Crippen LogP contribution is 2.15. The highest BCUT2D eigenvalue weighted by Gasteiger charge is 2.24. The van der Waals surface area contributed by atoms with E-state index in [1.54, 1.807) is 64.6 Å². The van der Waals surface area contributed by atoms with Crippen LogP contribution in [0.5, 0.6) is 0 Å². The summed E-state index contributed by atoms with van der Waals surface area (Å²) in [5, 5.41) is 0.534. The summed E-state index contributed by atoms with van der Waals surface area (Å²) in [5.74, 6) is -0.201. The third-order valence-corrected chi connectivity index (χ3v) is 6.31. The molecule has 0 bridgehead atoms. The Morgan fingerprint density at radius 3 is 2.33 bits per heavy atom. The van der Waals surface area contributed by atoms with Crippen molar-refractivity contribution in [3.05, 3.63) is 94.7 Å². The van der Waals surface area contributed by atoms with Gasteiger partial charge < -0.3 is 19.0 Å². The molecule has 2 heterocycles. The number of furan rings is 1. The summed E-state index contributed by atoms with van der Waals surface area (Å²) in [6, 6.07) is 16.2. The number of amides is 2. The molecule has 1 fully saturated rings. The normalized spacial score (nSPS) is 13.9. The van der Waals surface area contributed by atoms with Gasteiger partial charge in [0.1, 0.15) is 18.1 Å². The molecule has 3 aromatic rings. The van der Waals surface area contributed by atoms with Gasteiger partial charge >= 0.3 is 0 Å². The van der Waals surface area contributed by atoms with E-state index in [1.807, 2.05) is 0 Å². The number of morpholine rings is 1. The lowest BCUT2D eigenvalue weighted by Crippen LogP contribution is -2.47. The predicted octanol–water partition coefficient (Wildman–Crippen LogP) is 4.08. The first-order valence-corrected chi connectivity index (χ1v) is 12.3. The molecular weight excluding hydrogens is 485 g/mol. The molecule has 1 aromatic heterocycles. The highest BCUT2D eigenvalue weighted by molar-refractivity contribution is 6.30. The second kappa shape index (κ2) is 12.7. The molecule has 0 saturated carbocycles. The second-order valence-electron chi connectivity index (χ2n) is 8.64. The van der Waals surface area contributed by atoms with E-state index in [-0.39, 0.29) is 37.3 Å². The zero-order valence-electron chi connectivity index (χ0n) is 19.9. The summed E-state index contributed by atoms with van der Waals surface area (Å²) in [6.07, 6.45) is 1.55. The molecule has 0 unspecified atom stereocenters. The van der Waals surface area contributed by atoms with Crippen LogP contribution in [0, 0.1) is 5.82 Å². The number of carbonyl (C=O) groups is 2. The fourth-order valence-corrected chi connectivity index (χ4v) is 4.14. The van der Waals surface area contributed by atoms with E-state index in [1.165, 1.54) is 12.1 Å². The van der Waals surface area contributed by atoms with Gasteiger partial charge in [0.2, 0.25) is 5.91 Å². The molecule has 4 rings (SSSR count). The van der Waals surface area contributed by atoms with Crippen molar-refractivity contribution in [2.24, 2.45) is 0 Å². The summed E-state index contributed by atoms with van der Waals surface area (Å²) in [6.45, 7) is 4.27. The van der Waals surface area contributed by atoms with Gasteiger partial charge in [-0.1, -0.05) is 23.7 Å². The first-order chi connectivity index (χ1) is 17.5. The number of rotatable bonds is 10. The average molecular weight is 514 g/mol. The van der Waals surface area contributed by atoms with Crippen molar-refractivity contribution in [1.82, 2.24) is 14.7 Å². The maximum atomic E-state index is 13.6. The topological polar surface area (TPSA) is 66.2 Å². The molecule has 1 aliphatic rings. The number of ether oxygens (including phenoxy) is 1. The molecule has 190 valence electrons. The molecule has 2 amide bonds. The molecule has 36 heavy (non-hydrogen) atoms.